The molecule has 0 bridgehead atoms. The molecule has 1 aromatic carbocycles. The minimum Gasteiger partial charge on any atom is -0.480 e. The minimum absolute atomic E-state index is 0.349. The standard InChI is InChI=1S/C17H19N3O4S.C15H16N2O6S2/c1-17(2)12(16(23)24)20-14(22)11(15(20)25-17)19-13(21)10(18-3)9-7-5-4-6-8-9;1-15(2)9(14(22)23)17-11(19)8(12(17)25-15)16-10(18)7(13(20)21)6-3-4-24-5-6/h4-8,10-12,15H,3H2,1-2H3,(H,19,21)(H,23,24);3-5,7-9,12H,1-2H3,(H,16,18)(H,20,21)(H,22,23)/t10-,11-,12+,15-;7-,8-,9+,12-/m11/s1. The molecule has 8 atom stereocenters. The van der Waals surface area contributed by atoms with Gasteiger partial charge in [0.2, 0.25) is 23.6 Å². The predicted molar refractivity (Wildman–Crippen MR) is 185 cm³/mol. The monoisotopic (exact) mass is 745 g/mol. The van der Waals surface area contributed by atoms with Crippen LogP contribution in [0.3, 0.4) is 0 Å². The maximum atomic E-state index is 12.5. The van der Waals surface area contributed by atoms with Crippen LogP contribution >= 0.6 is 34.9 Å². The lowest BCUT2D eigenvalue weighted by molar-refractivity contribution is -0.161. The summed E-state index contributed by atoms with van der Waals surface area (Å²) in [6.07, 6.45) is 0. The number of benzene rings is 1. The van der Waals surface area contributed by atoms with E-state index in [2.05, 4.69) is 22.3 Å². The second-order valence-electron chi connectivity index (χ2n) is 13.0. The first-order valence-corrected chi connectivity index (χ1v) is 17.9. The highest BCUT2D eigenvalue weighted by Gasteiger charge is 2.65. The van der Waals surface area contributed by atoms with E-state index in [4.69, 9.17) is 0 Å². The largest absolute Gasteiger partial charge is 0.480 e. The zero-order chi connectivity index (χ0) is 36.9. The van der Waals surface area contributed by atoms with Gasteiger partial charge in [-0.05, 0) is 62.4 Å². The lowest BCUT2D eigenvalue weighted by Crippen LogP contribution is -2.71. The minimum atomic E-state index is -1.40. The van der Waals surface area contributed by atoms with Gasteiger partial charge in [-0.2, -0.15) is 11.3 Å². The number of thiophene rings is 1. The van der Waals surface area contributed by atoms with Crippen LogP contribution in [-0.4, -0.2) is 118 Å². The SMILES string of the molecule is C=N[C@@H](C(=O)N[C@@H]1C(=O)N2[C@@H]1SC(C)(C)[C@@H]2C(=O)O)c1ccccc1.CC1(C)S[C@@H]2[C@H](NC(=O)[C@H](C(=O)O)c3ccsc3)C(=O)N2[C@H]1C(=O)O. The number of thioether (sulfide) groups is 2. The highest BCUT2D eigenvalue weighted by atomic mass is 32.2. The molecule has 4 amide bonds. The van der Waals surface area contributed by atoms with Crippen molar-refractivity contribution in [3.8, 4) is 0 Å². The lowest BCUT2D eigenvalue weighted by Gasteiger charge is -2.43. The number of carbonyl (C=O) groups excluding carboxylic acids is 4. The van der Waals surface area contributed by atoms with Crippen LogP contribution in [0.2, 0.25) is 0 Å². The molecule has 50 heavy (non-hydrogen) atoms. The van der Waals surface area contributed by atoms with Gasteiger partial charge >= 0.3 is 17.9 Å². The number of nitrogens with one attached hydrogen (secondary N) is 2. The Bertz CT molecular complexity index is 1740. The molecule has 4 saturated heterocycles. The second-order valence-corrected chi connectivity index (χ2v) is 17.3. The van der Waals surface area contributed by atoms with Gasteiger partial charge < -0.3 is 35.8 Å². The predicted octanol–water partition coefficient (Wildman–Crippen LogP) is 1.61. The Balaban J connectivity index is 0.000000194. The van der Waals surface area contributed by atoms with E-state index in [0.717, 1.165) is 0 Å². The van der Waals surface area contributed by atoms with Crippen molar-refractivity contribution in [2.24, 2.45) is 4.99 Å². The first kappa shape index (κ1) is 36.9. The molecule has 4 aliphatic rings. The highest BCUT2D eigenvalue weighted by Crippen LogP contribution is 2.52. The van der Waals surface area contributed by atoms with E-state index in [1.165, 1.54) is 44.7 Å². The van der Waals surface area contributed by atoms with Gasteiger partial charge in [0.15, 0.2) is 12.0 Å². The third kappa shape index (κ3) is 6.46. The lowest BCUT2D eigenvalue weighted by atomic mass is 9.95. The summed E-state index contributed by atoms with van der Waals surface area (Å²) in [4.78, 5) is 90.6. The van der Waals surface area contributed by atoms with Crippen LogP contribution in [0, 0.1) is 0 Å². The molecule has 5 heterocycles. The number of hydrogen-bond acceptors (Lipinski definition) is 11. The van der Waals surface area contributed by atoms with E-state index in [0.29, 0.717) is 11.1 Å². The molecule has 6 rings (SSSR count). The van der Waals surface area contributed by atoms with Crippen molar-refractivity contribution in [1.29, 1.82) is 0 Å². The summed E-state index contributed by atoms with van der Waals surface area (Å²) in [6.45, 7) is 10.5. The Morgan fingerprint density at radius 2 is 1.26 bits per heavy atom. The van der Waals surface area contributed by atoms with Gasteiger partial charge in [0.25, 0.3) is 0 Å². The average molecular weight is 746 g/mol. The molecule has 1 aromatic heterocycles. The smallest absolute Gasteiger partial charge is 0.327 e. The number of carboxylic acids is 3. The number of rotatable bonds is 10. The van der Waals surface area contributed by atoms with Crippen molar-refractivity contribution in [1.82, 2.24) is 20.4 Å². The topological polar surface area (TPSA) is 223 Å². The van der Waals surface area contributed by atoms with Crippen LogP contribution in [0.15, 0.2) is 52.2 Å². The third-order valence-electron chi connectivity index (χ3n) is 8.88. The number of nitrogens with zero attached hydrogens (tertiary/aromatic N) is 3. The summed E-state index contributed by atoms with van der Waals surface area (Å²) in [5, 5.41) is 35.7. The molecule has 15 nitrogen and oxygen atoms in total. The summed E-state index contributed by atoms with van der Waals surface area (Å²) >= 11 is 3.95. The number of β-lactam (4-membered cyclic amide) rings is 2. The summed E-state index contributed by atoms with van der Waals surface area (Å²) in [5.74, 6) is -6.91. The Labute approximate surface area is 298 Å². The van der Waals surface area contributed by atoms with Crippen molar-refractivity contribution < 1.29 is 48.9 Å². The Morgan fingerprint density at radius 3 is 1.66 bits per heavy atom. The fourth-order valence-electron chi connectivity index (χ4n) is 6.58. The van der Waals surface area contributed by atoms with Crippen molar-refractivity contribution in [2.45, 2.75) is 84.1 Å². The van der Waals surface area contributed by atoms with Gasteiger partial charge in [0, 0.05) is 9.49 Å². The van der Waals surface area contributed by atoms with Crippen LogP contribution < -0.4 is 10.6 Å². The van der Waals surface area contributed by atoms with Crippen molar-refractivity contribution in [3.05, 3.63) is 58.3 Å². The Kier molecular flexibility index (Phi) is 10.1. The fourth-order valence-corrected chi connectivity index (χ4v) is 10.5. The van der Waals surface area contributed by atoms with Crippen LogP contribution in [0.25, 0.3) is 0 Å². The second kappa shape index (κ2) is 13.7. The molecule has 4 fully saturated rings. The zero-order valence-corrected chi connectivity index (χ0v) is 29.7. The molecule has 18 heteroatoms. The fraction of sp³-hybridized carbons (Fsp3) is 0.438. The molecule has 0 unspecified atom stereocenters. The molecule has 0 radical (unpaired) electrons. The van der Waals surface area contributed by atoms with Gasteiger partial charge in [-0.25, -0.2) is 9.59 Å². The Hall–Kier alpha value is -4.42. The first-order chi connectivity index (χ1) is 23.4. The van der Waals surface area contributed by atoms with Crippen LogP contribution in [0.1, 0.15) is 50.8 Å². The molecule has 0 saturated carbocycles. The van der Waals surface area contributed by atoms with E-state index in [1.807, 2.05) is 6.07 Å². The average Bonchev–Trinajstić information content (AvgIpc) is 3.72. The number of amides is 4. The molecule has 2 aromatic rings. The molecule has 266 valence electrons. The van der Waals surface area contributed by atoms with Crippen LogP contribution in [0.4, 0.5) is 0 Å². The molecule has 4 aliphatic heterocycles. The molecule has 5 N–H and O–H groups in total. The maximum Gasteiger partial charge on any atom is 0.327 e. The van der Waals surface area contributed by atoms with Crippen molar-refractivity contribution >= 4 is 83.1 Å². The summed E-state index contributed by atoms with van der Waals surface area (Å²) in [7, 11) is 0. The third-order valence-corrected chi connectivity index (χ3v) is 12.7. The summed E-state index contributed by atoms with van der Waals surface area (Å²) in [5.41, 5.74) is 1.03. The highest BCUT2D eigenvalue weighted by molar-refractivity contribution is 8.02. The van der Waals surface area contributed by atoms with Gasteiger partial charge in [-0.1, -0.05) is 30.3 Å². The van der Waals surface area contributed by atoms with Crippen LogP contribution in [-0.2, 0) is 33.6 Å². The van der Waals surface area contributed by atoms with Crippen LogP contribution in [0.5, 0.6) is 0 Å². The molecule has 0 spiro atoms. The zero-order valence-electron chi connectivity index (χ0n) is 27.2. The normalized spacial score (nSPS) is 27.9. The molecular formula is C32H35N5O10S3. The summed E-state index contributed by atoms with van der Waals surface area (Å²) in [6, 6.07) is 6.16. The van der Waals surface area contributed by atoms with E-state index in [9.17, 15) is 48.9 Å². The molecule has 0 aliphatic carbocycles. The maximum absolute atomic E-state index is 12.5. The Morgan fingerprint density at radius 1 is 0.780 bits per heavy atom. The van der Waals surface area contributed by atoms with Crippen molar-refractivity contribution in [2.75, 3.05) is 0 Å². The van der Waals surface area contributed by atoms with Gasteiger partial charge in [-0.3, -0.25) is 29.0 Å². The number of aliphatic carboxylic acids is 3. The number of fused-ring (bicyclic) bond motifs is 2. The van der Waals surface area contributed by atoms with Gasteiger partial charge in [-0.15, -0.1) is 23.5 Å². The van der Waals surface area contributed by atoms with E-state index < -0.39 is 86.6 Å². The van der Waals surface area contributed by atoms with E-state index in [1.54, 1.807) is 68.8 Å². The van der Waals surface area contributed by atoms with E-state index in [-0.39, 0.29) is 11.3 Å². The molecular weight excluding hydrogens is 711 g/mol. The van der Waals surface area contributed by atoms with Gasteiger partial charge in [0.1, 0.15) is 34.9 Å². The quantitative estimate of drug-likeness (QED) is 0.133. The van der Waals surface area contributed by atoms with Crippen molar-refractivity contribution in [3.63, 3.8) is 0 Å². The number of carboxylic acid groups (broad SMARTS) is 3. The van der Waals surface area contributed by atoms with Gasteiger partial charge in [0.05, 0.1) is 0 Å². The van der Waals surface area contributed by atoms with E-state index >= 15 is 0 Å². The number of carbonyl (C=O) groups is 7. The summed E-state index contributed by atoms with van der Waals surface area (Å²) < 4.78 is -1.33. The number of hydrogen-bond donors (Lipinski definition) is 5. The first-order valence-electron chi connectivity index (χ1n) is 15.2. The number of aliphatic imine (C=N–C) groups is 1.